The van der Waals surface area contributed by atoms with Gasteiger partial charge in [0.25, 0.3) is 5.91 Å². The van der Waals surface area contributed by atoms with Gasteiger partial charge in [0.2, 0.25) is 5.76 Å². The molecule has 1 amide bonds. The Labute approximate surface area is 124 Å². The fourth-order valence-corrected chi connectivity index (χ4v) is 2.51. The van der Waals surface area contributed by atoms with Crippen molar-refractivity contribution in [3.8, 4) is 11.3 Å². The van der Waals surface area contributed by atoms with Gasteiger partial charge in [-0.05, 0) is 19.1 Å². The Kier molecular flexibility index (Phi) is 3.41. The lowest BCUT2D eigenvalue weighted by Crippen LogP contribution is -2.10. The normalized spacial score (nSPS) is 10.5. The highest BCUT2D eigenvalue weighted by Crippen LogP contribution is 2.26. The maximum Gasteiger partial charge on any atom is 0.296 e. The Hall–Kier alpha value is -2.67. The van der Waals surface area contributed by atoms with Crippen molar-refractivity contribution in [3.05, 3.63) is 47.2 Å². The fourth-order valence-electron chi connectivity index (χ4n) is 1.79. The molecule has 0 atom stereocenters. The Morgan fingerprint density at radius 3 is 2.95 bits per heavy atom. The fraction of sp³-hybridized carbons (Fsp3) is 0.0714. The largest absolute Gasteiger partial charge is 0.399 e. The zero-order chi connectivity index (χ0) is 14.8. The standard InChI is InChI=1S/C14H12N4O2S/c1-8-5-12(20-18-8)13(19)17-14-16-11(7-21-14)9-3-2-4-10(15)6-9/h2-7H,15H2,1H3,(H,16,17,19). The van der Waals surface area contributed by atoms with Gasteiger partial charge in [-0.2, -0.15) is 0 Å². The average Bonchev–Trinajstić information content (AvgIpc) is 3.08. The van der Waals surface area contributed by atoms with Crippen molar-refractivity contribution in [2.45, 2.75) is 6.92 Å². The summed E-state index contributed by atoms with van der Waals surface area (Å²) in [7, 11) is 0. The zero-order valence-electron chi connectivity index (χ0n) is 11.2. The van der Waals surface area contributed by atoms with Crippen LogP contribution in [0.3, 0.4) is 0 Å². The lowest BCUT2D eigenvalue weighted by molar-refractivity contribution is 0.0988. The van der Waals surface area contributed by atoms with E-state index in [0.717, 1.165) is 11.3 Å². The Morgan fingerprint density at radius 2 is 2.24 bits per heavy atom. The lowest BCUT2D eigenvalue weighted by Gasteiger charge is -1.98. The number of hydrogen-bond acceptors (Lipinski definition) is 6. The third-order valence-electron chi connectivity index (χ3n) is 2.76. The number of nitrogens with zero attached hydrogens (tertiary/aromatic N) is 2. The summed E-state index contributed by atoms with van der Waals surface area (Å²) in [6, 6.07) is 8.99. The number of hydrogen-bond donors (Lipinski definition) is 2. The molecule has 0 unspecified atom stereocenters. The molecule has 1 aromatic carbocycles. The number of aryl methyl sites for hydroxylation is 1. The second-order valence-corrected chi connectivity index (χ2v) is 5.31. The first-order valence-corrected chi connectivity index (χ1v) is 7.06. The van der Waals surface area contributed by atoms with Crippen LogP contribution in [0.25, 0.3) is 11.3 Å². The second kappa shape index (κ2) is 5.37. The number of rotatable bonds is 3. The molecule has 0 saturated heterocycles. The molecule has 0 spiro atoms. The molecule has 0 aliphatic heterocycles. The molecule has 6 nitrogen and oxygen atoms in total. The van der Waals surface area contributed by atoms with E-state index in [4.69, 9.17) is 10.3 Å². The summed E-state index contributed by atoms with van der Waals surface area (Å²) in [6.07, 6.45) is 0. The number of amides is 1. The number of nitrogens with one attached hydrogen (secondary N) is 1. The molecule has 21 heavy (non-hydrogen) atoms. The minimum Gasteiger partial charge on any atom is -0.399 e. The van der Waals surface area contributed by atoms with E-state index < -0.39 is 0 Å². The summed E-state index contributed by atoms with van der Waals surface area (Å²) >= 11 is 1.33. The van der Waals surface area contributed by atoms with E-state index in [2.05, 4.69) is 15.5 Å². The lowest BCUT2D eigenvalue weighted by atomic mass is 10.1. The van der Waals surface area contributed by atoms with Gasteiger partial charge in [-0.15, -0.1) is 11.3 Å². The Bertz CT molecular complexity index is 794. The van der Waals surface area contributed by atoms with Crippen LogP contribution in [0.1, 0.15) is 16.2 Å². The number of carbonyl (C=O) groups is 1. The summed E-state index contributed by atoms with van der Waals surface area (Å²) in [5.41, 5.74) is 8.74. The molecule has 0 saturated carbocycles. The van der Waals surface area contributed by atoms with Crippen molar-refractivity contribution in [1.82, 2.24) is 10.1 Å². The van der Waals surface area contributed by atoms with Gasteiger partial charge in [0.05, 0.1) is 11.4 Å². The number of nitrogen functional groups attached to an aromatic ring is 1. The molecule has 3 rings (SSSR count). The van der Waals surface area contributed by atoms with Crippen LogP contribution in [0.5, 0.6) is 0 Å². The first-order chi connectivity index (χ1) is 10.1. The SMILES string of the molecule is Cc1cc(C(=O)Nc2nc(-c3cccc(N)c3)cs2)on1. The van der Waals surface area contributed by atoms with Crippen LogP contribution < -0.4 is 11.1 Å². The molecule has 0 bridgehead atoms. The van der Waals surface area contributed by atoms with E-state index in [-0.39, 0.29) is 11.7 Å². The van der Waals surface area contributed by atoms with E-state index in [9.17, 15) is 4.79 Å². The molecule has 0 radical (unpaired) electrons. The quantitative estimate of drug-likeness (QED) is 0.725. The van der Waals surface area contributed by atoms with Gasteiger partial charge in [0.1, 0.15) is 0 Å². The maximum absolute atomic E-state index is 11.9. The highest BCUT2D eigenvalue weighted by molar-refractivity contribution is 7.14. The van der Waals surface area contributed by atoms with Crippen LogP contribution in [0, 0.1) is 6.92 Å². The monoisotopic (exact) mass is 300 g/mol. The summed E-state index contributed by atoms with van der Waals surface area (Å²) in [4.78, 5) is 16.3. The minimum absolute atomic E-state index is 0.160. The van der Waals surface area contributed by atoms with Gasteiger partial charge in [-0.1, -0.05) is 17.3 Å². The molecule has 0 aliphatic carbocycles. The Morgan fingerprint density at radius 1 is 1.38 bits per heavy atom. The molecular formula is C14H12N4O2S. The first kappa shape index (κ1) is 13.3. The number of carbonyl (C=O) groups excluding carboxylic acids is 1. The van der Waals surface area contributed by atoms with Crippen molar-refractivity contribution in [1.29, 1.82) is 0 Å². The summed E-state index contributed by atoms with van der Waals surface area (Å²) in [5, 5.41) is 8.70. The number of benzene rings is 1. The van der Waals surface area contributed by atoms with E-state index in [1.54, 1.807) is 13.0 Å². The summed E-state index contributed by atoms with van der Waals surface area (Å²) < 4.78 is 4.90. The van der Waals surface area contributed by atoms with Gasteiger partial charge in [0, 0.05) is 22.7 Å². The van der Waals surface area contributed by atoms with Gasteiger partial charge in [-0.3, -0.25) is 10.1 Å². The highest BCUT2D eigenvalue weighted by Gasteiger charge is 2.14. The van der Waals surface area contributed by atoms with E-state index in [0.29, 0.717) is 16.5 Å². The average molecular weight is 300 g/mol. The molecule has 106 valence electrons. The number of thiazole rings is 1. The van der Waals surface area contributed by atoms with Crippen LogP contribution in [0.2, 0.25) is 0 Å². The van der Waals surface area contributed by atoms with Crippen molar-refractivity contribution in [3.63, 3.8) is 0 Å². The van der Waals surface area contributed by atoms with Crippen molar-refractivity contribution >= 4 is 28.1 Å². The van der Waals surface area contributed by atoms with E-state index >= 15 is 0 Å². The first-order valence-electron chi connectivity index (χ1n) is 6.18. The molecule has 0 fully saturated rings. The summed E-state index contributed by atoms with van der Waals surface area (Å²) in [5.74, 6) is -0.211. The van der Waals surface area contributed by atoms with Gasteiger partial charge in [-0.25, -0.2) is 4.98 Å². The van der Waals surface area contributed by atoms with Crippen molar-refractivity contribution in [2.24, 2.45) is 0 Å². The molecule has 3 N–H and O–H groups in total. The smallest absolute Gasteiger partial charge is 0.296 e. The zero-order valence-corrected chi connectivity index (χ0v) is 12.0. The van der Waals surface area contributed by atoms with Crippen LogP contribution in [0.15, 0.2) is 40.2 Å². The van der Waals surface area contributed by atoms with Crippen molar-refractivity contribution < 1.29 is 9.32 Å². The Balaban J connectivity index is 1.78. The van der Waals surface area contributed by atoms with Crippen LogP contribution in [-0.4, -0.2) is 16.0 Å². The predicted octanol–water partition coefficient (Wildman–Crippen LogP) is 2.94. The van der Waals surface area contributed by atoms with Crippen LogP contribution in [-0.2, 0) is 0 Å². The molecule has 0 aliphatic rings. The molecular weight excluding hydrogens is 288 g/mol. The number of anilines is 2. The number of aromatic nitrogens is 2. The predicted molar refractivity (Wildman–Crippen MR) is 81.2 cm³/mol. The van der Waals surface area contributed by atoms with Gasteiger partial charge < -0.3 is 10.3 Å². The third-order valence-corrected chi connectivity index (χ3v) is 3.52. The molecule has 2 aromatic heterocycles. The van der Waals surface area contributed by atoms with Gasteiger partial charge >= 0.3 is 0 Å². The third kappa shape index (κ3) is 2.92. The topological polar surface area (TPSA) is 94.0 Å². The van der Waals surface area contributed by atoms with Crippen molar-refractivity contribution in [2.75, 3.05) is 11.1 Å². The van der Waals surface area contributed by atoms with E-state index in [1.807, 2.05) is 29.6 Å². The van der Waals surface area contributed by atoms with Crippen LogP contribution >= 0.6 is 11.3 Å². The molecule has 2 heterocycles. The van der Waals surface area contributed by atoms with Crippen LogP contribution in [0.4, 0.5) is 10.8 Å². The second-order valence-electron chi connectivity index (χ2n) is 4.45. The minimum atomic E-state index is -0.371. The van der Waals surface area contributed by atoms with Gasteiger partial charge in [0.15, 0.2) is 5.13 Å². The summed E-state index contributed by atoms with van der Waals surface area (Å²) in [6.45, 7) is 1.75. The maximum atomic E-state index is 11.9. The van der Waals surface area contributed by atoms with E-state index in [1.165, 1.54) is 11.3 Å². The highest BCUT2D eigenvalue weighted by atomic mass is 32.1. The molecule has 3 aromatic rings. The number of nitrogens with two attached hydrogens (primary N) is 1. The molecule has 7 heteroatoms.